The Morgan fingerprint density at radius 3 is 2.72 bits per heavy atom. The van der Waals surface area contributed by atoms with Gasteiger partial charge >= 0.3 is 0 Å². The fraction of sp³-hybridized carbons (Fsp3) is 0.571. The van der Waals surface area contributed by atoms with Crippen molar-refractivity contribution >= 4 is 5.95 Å². The molecule has 0 atom stereocenters. The zero-order valence-electron chi connectivity index (χ0n) is 11.1. The van der Waals surface area contributed by atoms with Gasteiger partial charge in [0.25, 0.3) is 0 Å². The molecule has 0 bridgehead atoms. The molecular weight excluding hydrogens is 224 g/mol. The zero-order valence-corrected chi connectivity index (χ0v) is 11.1. The Kier molecular flexibility index (Phi) is 5.15. The van der Waals surface area contributed by atoms with Crippen LogP contribution < -0.4 is 10.6 Å². The standard InChI is InChI=1S/C14H22N4/c1-15-14-17-10-13(11-18-14)9-16-8-7-12-5-3-2-4-6-12/h5,10-11,16H,2-4,6-9H2,1H3,(H,15,17,18). The van der Waals surface area contributed by atoms with Gasteiger partial charge < -0.3 is 10.6 Å². The van der Waals surface area contributed by atoms with E-state index in [1.165, 1.54) is 32.1 Å². The second-order valence-electron chi connectivity index (χ2n) is 4.70. The fourth-order valence-corrected chi connectivity index (χ4v) is 2.19. The predicted molar refractivity (Wildman–Crippen MR) is 74.5 cm³/mol. The van der Waals surface area contributed by atoms with Crippen LogP contribution in [0.5, 0.6) is 0 Å². The topological polar surface area (TPSA) is 49.8 Å². The third kappa shape index (κ3) is 4.11. The predicted octanol–water partition coefficient (Wildman–Crippen LogP) is 2.50. The van der Waals surface area contributed by atoms with E-state index < -0.39 is 0 Å². The van der Waals surface area contributed by atoms with Crippen LogP contribution in [0, 0.1) is 0 Å². The van der Waals surface area contributed by atoms with E-state index in [4.69, 9.17) is 0 Å². The van der Waals surface area contributed by atoms with Crippen molar-refractivity contribution in [3.63, 3.8) is 0 Å². The largest absolute Gasteiger partial charge is 0.357 e. The molecule has 1 aliphatic carbocycles. The molecule has 2 rings (SSSR count). The van der Waals surface area contributed by atoms with E-state index in [0.29, 0.717) is 5.95 Å². The molecule has 0 aromatic carbocycles. The van der Waals surface area contributed by atoms with Crippen molar-refractivity contribution < 1.29 is 0 Å². The SMILES string of the molecule is CNc1ncc(CNCCC2=CCCCC2)cn1. The van der Waals surface area contributed by atoms with Crippen LogP contribution in [0.1, 0.15) is 37.7 Å². The van der Waals surface area contributed by atoms with E-state index in [9.17, 15) is 0 Å². The quantitative estimate of drug-likeness (QED) is 0.598. The summed E-state index contributed by atoms with van der Waals surface area (Å²) in [5.74, 6) is 0.672. The molecule has 1 heterocycles. The number of nitrogens with zero attached hydrogens (tertiary/aromatic N) is 2. The summed E-state index contributed by atoms with van der Waals surface area (Å²) in [7, 11) is 1.82. The van der Waals surface area contributed by atoms with Gasteiger partial charge in [0, 0.05) is 31.5 Å². The summed E-state index contributed by atoms with van der Waals surface area (Å²) >= 11 is 0. The van der Waals surface area contributed by atoms with Gasteiger partial charge in [-0.1, -0.05) is 11.6 Å². The van der Waals surface area contributed by atoms with Crippen molar-refractivity contribution in [1.29, 1.82) is 0 Å². The van der Waals surface area contributed by atoms with Crippen LogP contribution in [-0.4, -0.2) is 23.6 Å². The minimum Gasteiger partial charge on any atom is -0.357 e. The Bertz CT molecular complexity index is 383. The molecule has 1 aromatic rings. The van der Waals surface area contributed by atoms with Crippen molar-refractivity contribution in [1.82, 2.24) is 15.3 Å². The first-order valence-electron chi connectivity index (χ1n) is 6.76. The lowest BCUT2D eigenvalue weighted by Crippen LogP contribution is -2.16. The Labute approximate surface area is 109 Å². The summed E-state index contributed by atoms with van der Waals surface area (Å²) < 4.78 is 0. The van der Waals surface area contributed by atoms with E-state index in [1.807, 2.05) is 19.4 Å². The van der Waals surface area contributed by atoms with Gasteiger partial charge in [-0.3, -0.25) is 0 Å². The highest BCUT2D eigenvalue weighted by Gasteiger charge is 2.03. The smallest absolute Gasteiger partial charge is 0.222 e. The Hall–Kier alpha value is -1.42. The molecule has 98 valence electrons. The number of aromatic nitrogens is 2. The lowest BCUT2D eigenvalue weighted by atomic mass is 9.97. The average molecular weight is 246 g/mol. The van der Waals surface area contributed by atoms with Gasteiger partial charge in [-0.2, -0.15) is 0 Å². The summed E-state index contributed by atoms with van der Waals surface area (Å²) in [5, 5.41) is 6.36. The lowest BCUT2D eigenvalue weighted by Gasteiger charge is -2.12. The molecule has 1 aromatic heterocycles. The zero-order chi connectivity index (χ0) is 12.6. The molecule has 0 unspecified atom stereocenters. The molecule has 0 radical (unpaired) electrons. The summed E-state index contributed by atoms with van der Waals surface area (Å²) in [6, 6.07) is 0. The third-order valence-electron chi connectivity index (χ3n) is 3.27. The van der Waals surface area contributed by atoms with Crippen LogP contribution in [0.2, 0.25) is 0 Å². The summed E-state index contributed by atoms with van der Waals surface area (Å²) in [6.45, 7) is 1.89. The number of hydrogen-bond acceptors (Lipinski definition) is 4. The second kappa shape index (κ2) is 7.11. The van der Waals surface area contributed by atoms with Gasteiger partial charge in [0.1, 0.15) is 0 Å². The first-order chi connectivity index (χ1) is 8.88. The molecule has 4 nitrogen and oxygen atoms in total. The van der Waals surface area contributed by atoms with E-state index in [0.717, 1.165) is 18.7 Å². The summed E-state index contributed by atoms with van der Waals surface area (Å²) in [5.41, 5.74) is 2.75. The number of anilines is 1. The number of rotatable bonds is 6. The van der Waals surface area contributed by atoms with Crippen LogP contribution in [0.15, 0.2) is 24.0 Å². The first-order valence-corrected chi connectivity index (χ1v) is 6.76. The van der Waals surface area contributed by atoms with Crippen LogP contribution in [-0.2, 0) is 6.54 Å². The molecule has 2 N–H and O–H groups in total. The fourth-order valence-electron chi connectivity index (χ4n) is 2.19. The molecule has 0 amide bonds. The summed E-state index contributed by atoms with van der Waals surface area (Å²) in [6.07, 6.45) is 12.6. The monoisotopic (exact) mass is 246 g/mol. The van der Waals surface area contributed by atoms with Gasteiger partial charge in [-0.05, 0) is 38.6 Å². The lowest BCUT2D eigenvalue weighted by molar-refractivity contribution is 0.631. The van der Waals surface area contributed by atoms with E-state index >= 15 is 0 Å². The van der Waals surface area contributed by atoms with Crippen LogP contribution in [0.3, 0.4) is 0 Å². The maximum absolute atomic E-state index is 4.19. The highest BCUT2D eigenvalue weighted by atomic mass is 15.1. The number of nitrogens with one attached hydrogen (secondary N) is 2. The van der Waals surface area contributed by atoms with Gasteiger partial charge in [-0.15, -0.1) is 0 Å². The van der Waals surface area contributed by atoms with Gasteiger partial charge in [0.2, 0.25) is 5.95 Å². The van der Waals surface area contributed by atoms with Gasteiger partial charge in [0.05, 0.1) is 0 Å². The van der Waals surface area contributed by atoms with Crippen molar-refractivity contribution in [3.05, 3.63) is 29.6 Å². The minimum atomic E-state index is 0.672. The van der Waals surface area contributed by atoms with Crippen molar-refractivity contribution in [2.75, 3.05) is 18.9 Å². The normalized spacial score (nSPS) is 15.3. The third-order valence-corrected chi connectivity index (χ3v) is 3.27. The molecule has 1 aliphatic rings. The van der Waals surface area contributed by atoms with Gasteiger partial charge in [-0.25, -0.2) is 9.97 Å². The highest BCUT2D eigenvalue weighted by Crippen LogP contribution is 2.19. The Morgan fingerprint density at radius 2 is 2.06 bits per heavy atom. The minimum absolute atomic E-state index is 0.672. The van der Waals surface area contributed by atoms with Crippen LogP contribution in [0.25, 0.3) is 0 Å². The molecule has 0 saturated carbocycles. The first kappa shape index (κ1) is 13.0. The van der Waals surface area contributed by atoms with Crippen molar-refractivity contribution in [2.24, 2.45) is 0 Å². The molecule has 0 fully saturated rings. The molecule has 0 spiro atoms. The highest BCUT2D eigenvalue weighted by molar-refractivity contribution is 5.23. The van der Waals surface area contributed by atoms with Crippen molar-refractivity contribution in [3.8, 4) is 0 Å². The van der Waals surface area contributed by atoms with E-state index in [2.05, 4.69) is 26.7 Å². The Morgan fingerprint density at radius 1 is 1.22 bits per heavy atom. The Balaban J connectivity index is 1.66. The maximum Gasteiger partial charge on any atom is 0.222 e. The number of allylic oxidation sites excluding steroid dienone is 1. The molecule has 0 aliphatic heterocycles. The van der Waals surface area contributed by atoms with Crippen LogP contribution >= 0.6 is 0 Å². The van der Waals surface area contributed by atoms with Crippen molar-refractivity contribution in [2.45, 2.75) is 38.6 Å². The molecule has 4 heteroatoms. The van der Waals surface area contributed by atoms with E-state index in [1.54, 1.807) is 5.57 Å². The van der Waals surface area contributed by atoms with Crippen LogP contribution in [0.4, 0.5) is 5.95 Å². The molecular formula is C14H22N4. The second-order valence-corrected chi connectivity index (χ2v) is 4.70. The summed E-state index contributed by atoms with van der Waals surface area (Å²) in [4.78, 5) is 8.38. The van der Waals surface area contributed by atoms with E-state index in [-0.39, 0.29) is 0 Å². The maximum atomic E-state index is 4.19. The number of hydrogen-bond donors (Lipinski definition) is 2. The molecule has 0 saturated heterocycles. The van der Waals surface area contributed by atoms with Gasteiger partial charge in [0.15, 0.2) is 0 Å². The molecule has 18 heavy (non-hydrogen) atoms. The average Bonchev–Trinajstić information content (AvgIpc) is 2.45.